The van der Waals surface area contributed by atoms with Crippen LogP contribution in [0, 0.1) is 0 Å². The Morgan fingerprint density at radius 2 is 1.90 bits per heavy atom. The van der Waals surface area contributed by atoms with Crippen LogP contribution in [0.15, 0.2) is 73.1 Å². The predicted molar refractivity (Wildman–Crippen MR) is 118 cm³/mol. The van der Waals surface area contributed by atoms with Gasteiger partial charge in [-0.1, -0.05) is 18.2 Å². The Bertz CT molecular complexity index is 1160. The summed E-state index contributed by atoms with van der Waals surface area (Å²) in [5.74, 6) is -0.0284. The third-order valence-corrected chi connectivity index (χ3v) is 5.42. The molecule has 1 unspecified atom stereocenters. The first kappa shape index (κ1) is 18.3. The van der Waals surface area contributed by atoms with Gasteiger partial charge in [0.2, 0.25) is 5.91 Å². The fourth-order valence-corrected chi connectivity index (χ4v) is 3.91. The first-order valence-corrected chi connectivity index (χ1v) is 10.0. The van der Waals surface area contributed by atoms with Crippen LogP contribution < -0.4 is 15.5 Å². The number of anilines is 2. The normalized spacial score (nSPS) is 16.5. The molecule has 4 aromatic rings. The summed E-state index contributed by atoms with van der Waals surface area (Å²) in [6.07, 6.45) is 3.49. The Morgan fingerprint density at radius 3 is 2.73 bits per heavy atom. The van der Waals surface area contributed by atoms with Crippen LogP contribution in [0.25, 0.3) is 22.2 Å². The molecule has 2 aromatic heterocycles. The van der Waals surface area contributed by atoms with Crippen LogP contribution in [0.2, 0.25) is 0 Å². The number of rotatable bonds is 4. The third kappa shape index (κ3) is 3.51. The lowest BCUT2D eigenvalue weighted by Crippen LogP contribution is -2.56. The molecule has 2 aromatic carbocycles. The van der Waals surface area contributed by atoms with E-state index in [2.05, 4.69) is 30.7 Å². The molecule has 7 heteroatoms. The molecule has 5 rings (SSSR count). The molecule has 30 heavy (non-hydrogen) atoms. The zero-order chi connectivity index (χ0) is 20.3. The molecular formula is C23H22N6O. The first-order valence-electron chi connectivity index (χ1n) is 10.0. The summed E-state index contributed by atoms with van der Waals surface area (Å²) in [6, 6.07) is 19.5. The summed E-state index contributed by atoms with van der Waals surface area (Å²) in [5.41, 5.74) is 4.55. The van der Waals surface area contributed by atoms with Gasteiger partial charge in [-0.05, 0) is 42.5 Å². The maximum Gasteiger partial charge on any atom is 0.248 e. The second kappa shape index (κ2) is 7.96. The highest BCUT2D eigenvalue weighted by molar-refractivity contribution is 6.01. The van der Waals surface area contributed by atoms with Crippen LogP contribution >= 0.6 is 0 Å². The number of piperazine rings is 1. The van der Waals surface area contributed by atoms with E-state index < -0.39 is 0 Å². The lowest BCUT2D eigenvalue weighted by Gasteiger charge is -2.37. The fourth-order valence-electron chi connectivity index (χ4n) is 3.91. The average Bonchev–Trinajstić information content (AvgIpc) is 3.23. The molecule has 1 atom stereocenters. The van der Waals surface area contributed by atoms with Gasteiger partial charge in [-0.3, -0.25) is 14.9 Å². The number of fused-ring (bicyclic) bond motifs is 1. The average molecular weight is 398 g/mol. The Labute approximate surface area is 174 Å². The van der Waals surface area contributed by atoms with Crippen molar-refractivity contribution in [1.29, 1.82) is 0 Å². The van der Waals surface area contributed by atoms with Crippen molar-refractivity contribution in [3.8, 4) is 11.3 Å². The van der Waals surface area contributed by atoms with Crippen molar-refractivity contribution in [2.45, 2.75) is 6.04 Å². The summed E-state index contributed by atoms with van der Waals surface area (Å²) in [7, 11) is 0. The summed E-state index contributed by atoms with van der Waals surface area (Å²) >= 11 is 0. The molecule has 3 heterocycles. The number of nitrogens with one attached hydrogen (secondary N) is 3. The zero-order valence-electron chi connectivity index (χ0n) is 16.4. The number of amides is 1. The molecule has 1 amide bonds. The van der Waals surface area contributed by atoms with Gasteiger partial charge in [-0.25, -0.2) is 0 Å². The Hall–Kier alpha value is -3.71. The van der Waals surface area contributed by atoms with Gasteiger partial charge in [0.1, 0.15) is 11.7 Å². The van der Waals surface area contributed by atoms with Gasteiger partial charge in [0.25, 0.3) is 0 Å². The van der Waals surface area contributed by atoms with Gasteiger partial charge in [0, 0.05) is 54.4 Å². The zero-order valence-corrected chi connectivity index (χ0v) is 16.4. The number of aromatic amines is 1. The number of nitrogens with zero attached hydrogens (tertiary/aromatic N) is 3. The van der Waals surface area contributed by atoms with Crippen LogP contribution in [-0.4, -0.2) is 46.8 Å². The Kier molecular flexibility index (Phi) is 4.86. The minimum Gasteiger partial charge on any atom is -0.357 e. The second-order valence-electron chi connectivity index (χ2n) is 7.31. The van der Waals surface area contributed by atoms with Crippen molar-refractivity contribution >= 4 is 28.2 Å². The van der Waals surface area contributed by atoms with Gasteiger partial charge in [-0.2, -0.15) is 5.10 Å². The first-order chi connectivity index (χ1) is 14.8. The number of hydrogen-bond donors (Lipinski definition) is 3. The molecule has 7 nitrogen and oxygen atoms in total. The van der Waals surface area contributed by atoms with Crippen molar-refractivity contribution < 1.29 is 4.79 Å². The molecule has 1 saturated heterocycles. The monoisotopic (exact) mass is 398 g/mol. The topological polar surface area (TPSA) is 85.9 Å². The van der Waals surface area contributed by atoms with Gasteiger partial charge in [-0.15, -0.1) is 0 Å². The van der Waals surface area contributed by atoms with Crippen molar-refractivity contribution in [1.82, 2.24) is 20.5 Å². The van der Waals surface area contributed by atoms with E-state index in [1.54, 1.807) is 12.4 Å². The highest BCUT2D eigenvalue weighted by Crippen LogP contribution is 2.28. The Morgan fingerprint density at radius 1 is 1.07 bits per heavy atom. The molecule has 1 aliphatic heterocycles. The van der Waals surface area contributed by atoms with Crippen molar-refractivity contribution in [3.63, 3.8) is 0 Å². The largest absolute Gasteiger partial charge is 0.357 e. The molecular weight excluding hydrogens is 376 g/mol. The van der Waals surface area contributed by atoms with E-state index in [1.165, 1.54) is 0 Å². The number of aromatic nitrogens is 3. The summed E-state index contributed by atoms with van der Waals surface area (Å²) in [4.78, 5) is 19.4. The molecule has 0 spiro atoms. The highest BCUT2D eigenvalue weighted by atomic mass is 16.2. The standard InChI is InChI=1S/C23H22N6O/c30-23(21-15-25-12-13-29(21)18-4-2-1-3-5-18)26-17-6-7-20-19(14-17)22(28-27-20)16-8-10-24-11-9-16/h1-11,14,21,25H,12-13,15H2,(H,26,30)(H,27,28). The number of carbonyl (C=O) groups is 1. The second-order valence-corrected chi connectivity index (χ2v) is 7.31. The maximum absolute atomic E-state index is 13.2. The number of pyridine rings is 1. The molecule has 1 aliphatic rings. The number of H-pyrrole nitrogens is 1. The van der Waals surface area contributed by atoms with Gasteiger partial charge in [0.05, 0.1) is 5.52 Å². The van der Waals surface area contributed by atoms with Crippen molar-refractivity contribution in [2.24, 2.45) is 0 Å². The van der Waals surface area contributed by atoms with Gasteiger partial charge >= 0.3 is 0 Å². The van der Waals surface area contributed by atoms with E-state index in [4.69, 9.17) is 0 Å². The number of para-hydroxylation sites is 1. The summed E-state index contributed by atoms with van der Waals surface area (Å²) in [5, 5.41) is 14.9. The molecule has 0 bridgehead atoms. The number of benzene rings is 2. The maximum atomic E-state index is 13.2. The minimum absolute atomic E-state index is 0.0284. The van der Waals surface area contributed by atoms with E-state index >= 15 is 0 Å². The predicted octanol–water partition coefficient (Wildman–Crippen LogP) is 3.04. The molecule has 0 aliphatic carbocycles. The fraction of sp³-hybridized carbons (Fsp3) is 0.174. The van der Waals surface area contributed by atoms with Crippen LogP contribution in [0.4, 0.5) is 11.4 Å². The molecule has 1 fully saturated rings. The SMILES string of the molecule is O=C(Nc1ccc2[nH]nc(-c3ccncc3)c2c1)C1CNCCN1c1ccccc1. The van der Waals surface area contributed by atoms with Gasteiger partial charge in [0.15, 0.2) is 0 Å². The molecule has 150 valence electrons. The van der Waals surface area contributed by atoms with Crippen LogP contribution in [0.3, 0.4) is 0 Å². The van der Waals surface area contributed by atoms with E-state index in [-0.39, 0.29) is 11.9 Å². The van der Waals surface area contributed by atoms with Crippen molar-refractivity contribution in [2.75, 3.05) is 29.9 Å². The molecule has 0 saturated carbocycles. The lowest BCUT2D eigenvalue weighted by molar-refractivity contribution is -0.117. The van der Waals surface area contributed by atoms with Gasteiger partial charge < -0.3 is 15.5 Å². The molecule has 0 radical (unpaired) electrons. The number of hydrogen-bond acceptors (Lipinski definition) is 5. The lowest BCUT2D eigenvalue weighted by atomic mass is 10.1. The van der Waals surface area contributed by atoms with Crippen molar-refractivity contribution in [3.05, 3.63) is 73.1 Å². The third-order valence-electron chi connectivity index (χ3n) is 5.42. The molecule has 3 N–H and O–H groups in total. The van der Waals surface area contributed by atoms with E-state index in [9.17, 15) is 4.79 Å². The summed E-state index contributed by atoms with van der Waals surface area (Å²) in [6.45, 7) is 2.25. The minimum atomic E-state index is -0.277. The van der Waals surface area contributed by atoms with Crippen LogP contribution in [-0.2, 0) is 4.79 Å². The smallest absolute Gasteiger partial charge is 0.248 e. The quantitative estimate of drug-likeness (QED) is 0.492. The van der Waals surface area contributed by atoms with E-state index in [0.717, 1.165) is 46.6 Å². The number of carbonyl (C=O) groups excluding carboxylic acids is 1. The van der Waals surface area contributed by atoms with E-state index in [1.807, 2.05) is 60.7 Å². The summed E-state index contributed by atoms with van der Waals surface area (Å²) < 4.78 is 0. The van der Waals surface area contributed by atoms with E-state index in [0.29, 0.717) is 6.54 Å². The van der Waals surface area contributed by atoms with Crippen LogP contribution in [0.5, 0.6) is 0 Å². The Balaban J connectivity index is 1.41. The van der Waals surface area contributed by atoms with Crippen LogP contribution in [0.1, 0.15) is 0 Å². The highest BCUT2D eigenvalue weighted by Gasteiger charge is 2.29.